The first kappa shape index (κ1) is 16.0. The molecule has 1 saturated carbocycles. The Bertz CT molecular complexity index is 656. The summed E-state index contributed by atoms with van der Waals surface area (Å²) in [5.41, 5.74) is 0. The molecule has 4 nitrogen and oxygen atoms in total. The molecule has 0 heterocycles. The van der Waals surface area contributed by atoms with Crippen molar-refractivity contribution in [1.29, 1.82) is 0 Å². The highest BCUT2D eigenvalue weighted by atomic mass is 79.9. The van der Waals surface area contributed by atoms with E-state index in [0.29, 0.717) is 21.8 Å². The Balaban J connectivity index is 2.70. The van der Waals surface area contributed by atoms with Crippen LogP contribution in [0.15, 0.2) is 32.0 Å². The average Bonchev–Trinajstić information content (AvgIpc) is 2.75. The number of benzene rings is 1. The highest BCUT2D eigenvalue weighted by Crippen LogP contribution is 2.46. The lowest BCUT2D eigenvalue weighted by molar-refractivity contribution is -0.141. The standard InChI is InChI=1S/C13H14Br2O4S/c1-8-3-2-6-13(8,12(16)17)20(18,19)11-7-9(14)4-5-10(11)15/h4-5,7-8H,2-3,6H2,1H3,(H,16,17). The fraction of sp³-hybridized carbons (Fsp3) is 0.462. The van der Waals surface area contributed by atoms with E-state index >= 15 is 0 Å². The van der Waals surface area contributed by atoms with Crippen molar-refractivity contribution in [3.8, 4) is 0 Å². The van der Waals surface area contributed by atoms with E-state index in [1.54, 1.807) is 19.1 Å². The molecule has 7 heteroatoms. The number of carboxylic acids is 1. The molecule has 1 fully saturated rings. The van der Waals surface area contributed by atoms with Gasteiger partial charge in [-0.1, -0.05) is 29.3 Å². The molecular formula is C13H14Br2O4S. The summed E-state index contributed by atoms with van der Waals surface area (Å²) >= 11 is 6.45. The lowest BCUT2D eigenvalue weighted by Gasteiger charge is -2.29. The third kappa shape index (κ3) is 2.23. The Kier molecular flexibility index (Phi) is 4.33. The Labute approximate surface area is 134 Å². The molecule has 1 aromatic carbocycles. The molecular weight excluding hydrogens is 412 g/mol. The summed E-state index contributed by atoms with van der Waals surface area (Å²) in [4.78, 5) is 11.8. The van der Waals surface area contributed by atoms with Gasteiger partial charge in [0, 0.05) is 8.95 Å². The van der Waals surface area contributed by atoms with Gasteiger partial charge in [-0.15, -0.1) is 0 Å². The van der Waals surface area contributed by atoms with Crippen molar-refractivity contribution in [3.63, 3.8) is 0 Å². The van der Waals surface area contributed by atoms with E-state index in [-0.39, 0.29) is 11.3 Å². The Hall–Kier alpha value is -0.400. The van der Waals surface area contributed by atoms with Gasteiger partial charge in [0.15, 0.2) is 14.6 Å². The molecule has 2 rings (SSSR count). The van der Waals surface area contributed by atoms with Crippen molar-refractivity contribution in [2.75, 3.05) is 0 Å². The third-order valence-electron chi connectivity index (χ3n) is 4.01. The maximum absolute atomic E-state index is 12.9. The monoisotopic (exact) mass is 424 g/mol. The van der Waals surface area contributed by atoms with E-state index in [1.807, 2.05) is 0 Å². The molecule has 110 valence electrons. The predicted molar refractivity (Wildman–Crippen MR) is 82.4 cm³/mol. The number of hydrogen-bond acceptors (Lipinski definition) is 3. The van der Waals surface area contributed by atoms with Crippen LogP contribution in [0.3, 0.4) is 0 Å². The van der Waals surface area contributed by atoms with Gasteiger partial charge in [0.25, 0.3) is 0 Å². The first-order valence-corrected chi connectivity index (χ1v) is 9.23. The number of carboxylic acid groups (broad SMARTS) is 1. The molecule has 2 atom stereocenters. The Morgan fingerprint density at radius 1 is 1.40 bits per heavy atom. The topological polar surface area (TPSA) is 71.4 Å². The largest absolute Gasteiger partial charge is 0.480 e. The van der Waals surface area contributed by atoms with Crippen LogP contribution in [0.1, 0.15) is 26.2 Å². The second kappa shape index (κ2) is 5.42. The van der Waals surface area contributed by atoms with E-state index < -0.39 is 26.5 Å². The van der Waals surface area contributed by atoms with Crippen molar-refractivity contribution in [2.24, 2.45) is 5.92 Å². The summed E-state index contributed by atoms with van der Waals surface area (Å²) in [5.74, 6) is -1.66. The molecule has 0 radical (unpaired) electrons. The SMILES string of the molecule is CC1CCCC1(C(=O)O)S(=O)(=O)c1cc(Br)ccc1Br. The molecule has 0 saturated heterocycles. The van der Waals surface area contributed by atoms with Crippen molar-refractivity contribution in [3.05, 3.63) is 27.1 Å². The molecule has 1 aromatic rings. The lowest BCUT2D eigenvalue weighted by Crippen LogP contribution is -2.48. The summed E-state index contributed by atoms with van der Waals surface area (Å²) in [7, 11) is -3.98. The van der Waals surface area contributed by atoms with Crippen molar-refractivity contribution in [2.45, 2.75) is 35.8 Å². The number of rotatable bonds is 3. The van der Waals surface area contributed by atoms with Gasteiger partial charge >= 0.3 is 5.97 Å². The van der Waals surface area contributed by atoms with Crippen molar-refractivity contribution >= 4 is 47.7 Å². The van der Waals surface area contributed by atoms with Gasteiger partial charge in [0.1, 0.15) is 0 Å². The minimum atomic E-state index is -3.98. The van der Waals surface area contributed by atoms with E-state index in [1.165, 1.54) is 6.07 Å². The van der Waals surface area contributed by atoms with Crippen LogP contribution in [0.4, 0.5) is 0 Å². The molecule has 1 N–H and O–H groups in total. The summed E-state index contributed by atoms with van der Waals surface area (Å²) in [6.07, 6.45) is 1.38. The zero-order valence-corrected chi connectivity index (χ0v) is 14.8. The van der Waals surface area contributed by atoms with Gasteiger partial charge in [-0.2, -0.15) is 0 Å². The van der Waals surface area contributed by atoms with Gasteiger partial charge < -0.3 is 5.11 Å². The molecule has 0 spiro atoms. The molecule has 0 aromatic heterocycles. The van der Waals surface area contributed by atoms with Gasteiger partial charge in [-0.25, -0.2) is 8.42 Å². The predicted octanol–water partition coefficient (Wildman–Crippen LogP) is 3.63. The minimum Gasteiger partial charge on any atom is -0.480 e. The van der Waals surface area contributed by atoms with Crippen LogP contribution in [-0.4, -0.2) is 24.2 Å². The molecule has 1 aliphatic rings. The van der Waals surface area contributed by atoms with Gasteiger partial charge in [0.2, 0.25) is 0 Å². The van der Waals surface area contributed by atoms with Gasteiger partial charge in [-0.3, -0.25) is 4.79 Å². The highest BCUT2D eigenvalue weighted by molar-refractivity contribution is 9.11. The van der Waals surface area contributed by atoms with Gasteiger partial charge in [0.05, 0.1) is 4.90 Å². The fourth-order valence-corrected chi connectivity index (χ4v) is 6.55. The second-order valence-corrected chi connectivity index (χ2v) is 9.01. The highest BCUT2D eigenvalue weighted by Gasteiger charge is 2.58. The molecule has 20 heavy (non-hydrogen) atoms. The Morgan fingerprint density at radius 2 is 2.05 bits per heavy atom. The summed E-state index contributed by atoms with van der Waals surface area (Å²) in [6.45, 7) is 1.70. The molecule has 0 aliphatic heterocycles. The van der Waals surface area contributed by atoms with Crippen molar-refractivity contribution < 1.29 is 18.3 Å². The van der Waals surface area contributed by atoms with E-state index in [9.17, 15) is 18.3 Å². The van der Waals surface area contributed by atoms with Crippen LogP contribution in [0, 0.1) is 5.92 Å². The molecule has 0 amide bonds. The summed E-state index contributed by atoms with van der Waals surface area (Å²) in [6, 6.07) is 4.76. The van der Waals surface area contributed by atoms with E-state index in [4.69, 9.17) is 0 Å². The summed E-state index contributed by atoms with van der Waals surface area (Å²) in [5, 5.41) is 9.59. The number of carbonyl (C=O) groups is 1. The zero-order chi connectivity index (χ0) is 15.1. The van der Waals surface area contributed by atoms with Crippen LogP contribution >= 0.6 is 31.9 Å². The smallest absolute Gasteiger partial charge is 0.325 e. The number of aliphatic carboxylic acids is 1. The van der Waals surface area contributed by atoms with E-state index in [2.05, 4.69) is 31.9 Å². The van der Waals surface area contributed by atoms with Crippen LogP contribution in [0.2, 0.25) is 0 Å². The van der Waals surface area contributed by atoms with Crippen LogP contribution in [-0.2, 0) is 14.6 Å². The number of halogens is 2. The average molecular weight is 426 g/mol. The van der Waals surface area contributed by atoms with E-state index in [0.717, 1.165) is 0 Å². The third-order valence-corrected chi connectivity index (χ3v) is 8.11. The lowest BCUT2D eigenvalue weighted by atomic mass is 9.97. The maximum atomic E-state index is 12.9. The second-order valence-electron chi connectivity index (χ2n) is 5.07. The molecule has 2 unspecified atom stereocenters. The normalized spacial score (nSPS) is 26.6. The quantitative estimate of drug-likeness (QED) is 0.802. The molecule has 1 aliphatic carbocycles. The number of hydrogen-bond donors (Lipinski definition) is 1. The first-order chi connectivity index (χ1) is 9.23. The first-order valence-electron chi connectivity index (χ1n) is 6.16. The minimum absolute atomic E-state index is 0.0306. The summed E-state index contributed by atoms with van der Waals surface area (Å²) < 4.78 is 25.2. The number of sulfone groups is 1. The molecule has 0 bridgehead atoms. The fourth-order valence-electron chi connectivity index (χ4n) is 2.86. The maximum Gasteiger partial charge on any atom is 0.325 e. The van der Waals surface area contributed by atoms with Crippen LogP contribution in [0.5, 0.6) is 0 Å². The van der Waals surface area contributed by atoms with Gasteiger partial charge in [-0.05, 0) is 52.9 Å². The zero-order valence-electron chi connectivity index (χ0n) is 10.8. The van der Waals surface area contributed by atoms with Crippen LogP contribution < -0.4 is 0 Å². The van der Waals surface area contributed by atoms with Crippen LogP contribution in [0.25, 0.3) is 0 Å². The Morgan fingerprint density at radius 3 is 2.55 bits per heavy atom. The van der Waals surface area contributed by atoms with Crippen molar-refractivity contribution in [1.82, 2.24) is 0 Å².